The van der Waals surface area contributed by atoms with E-state index in [0.29, 0.717) is 12.4 Å². The van der Waals surface area contributed by atoms with Crippen LogP contribution in [0.1, 0.15) is 19.4 Å². The number of carbonyl (C=O) groups is 1. The molecule has 0 radical (unpaired) electrons. The molecule has 0 bridgehead atoms. The number of piperazine rings is 1. The number of likely N-dealkylation sites (N-methyl/N-ethyl adjacent to an activating group) is 1. The third kappa shape index (κ3) is 1.77. The van der Waals surface area contributed by atoms with E-state index in [9.17, 15) is 4.79 Å². The molecule has 1 amide bonds. The monoisotopic (exact) mass is 249 g/mol. The zero-order chi connectivity index (χ0) is 13.5. The van der Waals surface area contributed by atoms with E-state index in [0.717, 1.165) is 17.9 Å². The van der Waals surface area contributed by atoms with Crippen molar-refractivity contribution in [2.45, 2.75) is 26.3 Å². The third-order valence-electron chi connectivity index (χ3n) is 3.56. The Labute approximate surface area is 107 Å². The van der Waals surface area contributed by atoms with Crippen LogP contribution >= 0.6 is 0 Å². The second-order valence-electron chi connectivity index (χ2n) is 5.14. The molecule has 98 valence electrons. The van der Waals surface area contributed by atoms with Crippen molar-refractivity contribution < 1.29 is 4.79 Å². The highest BCUT2D eigenvalue weighted by atomic mass is 16.2. The van der Waals surface area contributed by atoms with Gasteiger partial charge in [-0.1, -0.05) is 0 Å². The molecule has 0 aliphatic carbocycles. The summed E-state index contributed by atoms with van der Waals surface area (Å²) < 4.78 is 0. The molecule has 6 nitrogen and oxygen atoms in total. The SMILES string of the molecule is Cc1c(N)ncnc1N1CCN(C)C(=O)C1(C)C. The summed E-state index contributed by atoms with van der Waals surface area (Å²) in [5.41, 5.74) is 6.01. The van der Waals surface area contributed by atoms with E-state index in [1.54, 1.807) is 4.90 Å². The summed E-state index contributed by atoms with van der Waals surface area (Å²) in [6.45, 7) is 7.12. The first-order valence-electron chi connectivity index (χ1n) is 5.96. The molecule has 1 aliphatic heterocycles. The zero-order valence-electron chi connectivity index (χ0n) is 11.3. The molecule has 6 heteroatoms. The summed E-state index contributed by atoms with van der Waals surface area (Å²) in [7, 11) is 1.82. The van der Waals surface area contributed by atoms with Crippen molar-refractivity contribution in [2.24, 2.45) is 0 Å². The van der Waals surface area contributed by atoms with Crippen LogP contribution in [0.3, 0.4) is 0 Å². The average Bonchev–Trinajstić information content (AvgIpc) is 2.31. The van der Waals surface area contributed by atoms with Crippen molar-refractivity contribution in [1.82, 2.24) is 14.9 Å². The lowest BCUT2D eigenvalue weighted by atomic mass is 9.97. The van der Waals surface area contributed by atoms with Gasteiger partial charge in [0.05, 0.1) is 0 Å². The van der Waals surface area contributed by atoms with Gasteiger partial charge in [-0.25, -0.2) is 9.97 Å². The van der Waals surface area contributed by atoms with Gasteiger partial charge < -0.3 is 15.5 Å². The molecule has 1 aromatic heterocycles. The van der Waals surface area contributed by atoms with Crippen LogP contribution in [0.5, 0.6) is 0 Å². The van der Waals surface area contributed by atoms with Crippen LogP contribution in [0.25, 0.3) is 0 Å². The van der Waals surface area contributed by atoms with Crippen LogP contribution < -0.4 is 10.6 Å². The first-order chi connectivity index (χ1) is 8.35. The van der Waals surface area contributed by atoms with Crippen LogP contribution in [0, 0.1) is 6.92 Å². The first-order valence-corrected chi connectivity index (χ1v) is 5.96. The second kappa shape index (κ2) is 4.12. The van der Waals surface area contributed by atoms with Gasteiger partial charge in [0.15, 0.2) is 0 Å². The number of anilines is 2. The summed E-state index contributed by atoms with van der Waals surface area (Å²) >= 11 is 0. The molecule has 0 aromatic carbocycles. The molecule has 18 heavy (non-hydrogen) atoms. The summed E-state index contributed by atoms with van der Waals surface area (Å²) in [5.74, 6) is 1.29. The average molecular weight is 249 g/mol. The molecular weight excluding hydrogens is 230 g/mol. The fourth-order valence-electron chi connectivity index (χ4n) is 2.31. The van der Waals surface area contributed by atoms with Crippen LogP contribution in [0.4, 0.5) is 11.6 Å². The molecule has 2 N–H and O–H groups in total. The largest absolute Gasteiger partial charge is 0.383 e. The smallest absolute Gasteiger partial charge is 0.247 e. The van der Waals surface area contributed by atoms with Crippen molar-refractivity contribution in [2.75, 3.05) is 30.8 Å². The lowest BCUT2D eigenvalue weighted by molar-refractivity contribution is -0.136. The van der Waals surface area contributed by atoms with E-state index >= 15 is 0 Å². The first kappa shape index (κ1) is 12.6. The van der Waals surface area contributed by atoms with E-state index in [2.05, 4.69) is 9.97 Å². The Bertz CT molecular complexity index is 485. The minimum atomic E-state index is -0.613. The van der Waals surface area contributed by atoms with Crippen LogP contribution in [0.15, 0.2) is 6.33 Å². The molecule has 0 atom stereocenters. The Morgan fingerprint density at radius 1 is 1.33 bits per heavy atom. The number of nitrogens with zero attached hydrogens (tertiary/aromatic N) is 4. The number of hydrogen-bond donors (Lipinski definition) is 1. The molecule has 0 saturated carbocycles. The van der Waals surface area contributed by atoms with Crippen molar-refractivity contribution in [3.63, 3.8) is 0 Å². The van der Waals surface area contributed by atoms with Crippen molar-refractivity contribution in [3.05, 3.63) is 11.9 Å². The maximum atomic E-state index is 12.2. The van der Waals surface area contributed by atoms with Crippen LogP contribution in [-0.2, 0) is 4.79 Å². The van der Waals surface area contributed by atoms with Gasteiger partial charge in [-0.15, -0.1) is 0 Å². The number of carbonyl (C=O) groups excluding carboxylic acids is 1. The topological polar surface area (TPSA) is 75.3 Å². The Hall–Kier alpha value is -1.85. The van der Waals surface area contributed by atoms with E-state index in [1.807, 2.05) is 32.7 Å². The normalized spacial score (nSPS) is 19.2. The number of amides is 1. The van der Waals surface area contributed by atoms with Crippen molar-refractivity contribution >= 4 is 17.5 Å². The van der Waals surface area contributed by atoms with Gasteiger partial charge in [-0.05, 0) is 20.8 Å². The van der Waals surface area contributed by atoms with Gasteiger partial charge in [-0.2, -0.15) is 0 Å². The van der Waals surface area contributed by atoms with Gasteiger partial charge in [-0.3, -0.25) is 4.79 Å². The fourth-order valence-corrected chi connectivity index (χ4v) is 2.31. The molecule has 1 saturated heterocycles. The summed E-state index contributed by atoms with van der Waals surface area (Å²) in [6, 6.07) is 0. The molecule has 1 aromatic rings. The minimum Gasteiger partial charge on any atom is -0.383 e. The molecule has 2 rings (SSSR count). The lowest BCUT2D eigenvalue weighted by Crippen LogP contribution is -2.62. The number of nitrogens with two attached hydrogens (primary N) is 1. The number of hydrogen-bond acceptors (Lipinski definition) is 5. The van der Waals surface area contributed by atoms with E-state index in [-0.39, 0.29) is 5.91 Å². The number of nitrogen functional groups attached to an aromatic ring is 1. The third-order valence-corrected chi connectivity index (χ3v) is 3.56. The predicted octanol–water partition coefficient (Wildman–Crippen LogP) is 0.424. The van der Waals surface area contributed by atoms with E-state index < -0.39 is 5.54 Å². The molecule has 2 heterocycles. The van der Waals surface area contributed by atoms with Crippen LogP contribution in [0.2, 0.25) is 0 Å². The molecule has 0 unspecified atom stereocenters. The number of rotatable bonds is 1. The summed E-state index contributed by atoms with van der Waals surface area (Å²) in [4.78, 5) is 24.2. The highest BCUT2D eigenvalue weighted by Gasteiger charge is 2.41. The van der Waals surface area contributed by atoms with Gasteiger partial charge in [0.1, 0.15) is 23.5 Å². The quantitative estimate of drug-likeness (QED) is 0.781. The second-order valence-corrected chi connectivity index (χ2v) is 5.14. The van der Waals surface area contributed by atoms with Gasteiger partial charge >= 0.3 is 0 Å². The van der Waals surface area contributed by atoms with Gasteiger partial charge in [0, 0.05) is 25.7 Å². The Kier molecular flexibility index (Phi) is 2.88. The predicted molar refractivity (Wildman–Crippen MR) is 70.2 cm³/mol. The highest BCUT2D eigenvalue weighted by Crippen LogP contribution is 2.30. The van der Waals surface area contributed by atoms with Gasteiger partial charge in [0.25, 0.3) is 0 Å². The Morgan fingerprint density at radius 3 is 2.67 bits per heavy atom. The zero-order valence-corrected chi connectivity index (χ0v) is 11.3. The molecule has 1 aliphatic rings. The summed E-state index contributed by atoms with van der Waals surface area (Å²) in [6.07, 6.45) is 1.44. The number of aromatic nitrogens is 2. The minimum absolute atomic E-state index is 0.0883. The lowest BCUT2D eigenvalue weighted by Gasteiger charge is -2.45. The maximum Gasteiger partial charge on any atom is 0.247 e. The standard InChI is InChI=1S/C12H19N5O/c1-8-9(13)14-7-15-10(8)17-6-5-16(4)11(18)12(17,2)3/h7H,5-6H2,1-4H3,(H2,13,14,15). The van der Waals surface area contributed by atoms with Crippen molar-refractivity contribution in [1.29, 1.82) is 0 Å². The molecule has 1 fully saturated rings. The van der Waals surface area contributed by atoms with Crippen LogP contribution in [-0.4, -0.2) is 46.5 Å². The van der Waals surface area contributed by atoms with Crippen molar-refractivity contribution in [3.8, 4) is 0 Å². The molecule has 0 spiro atoms. The Balaban J connectivity index is 2.45. The maximum absolute atomic E-state index is 12.2. The summed E-state index contributed by atoms with van der Waals surface area (Å²) in [5, 5.41) is 0. The molecular formula is C12H19N5O. The highest BCUT2D eigenvalue weighted by molar-refractivity contribution is 5.90. The van der Waals surface area contributed by atoms with E-state index in [1.165, 1.54) is 6.33 Å². The Morgan fingerprint density at radius 2 is 2.00 bits per heavy atom. The fraction of sp³-hybridized carbons (Fsp3) is 0.583. The van der Waals surface area contributed by atoms with Gasteiger partial charge in [0.2, 0.25) is 5.91 Å². The van der Waals surface area contributed by atoms with E-state index in [4.69, 9.17) is 5.73 Å².